The molecule has 2 aromatic carbocycles. The van der Waals surface area contributed by atoms with Gasteiger partial charge >= 0.3 is 0 Å². The molecule has 0 radical (unpaired) electrons. The molecule has 0 saturated heterocycles. The van der Waals surface area contributed by atoms with E-state index in [1.54, 1.807) is 6.07 Å². The number of nitrogens with zero attached hydrogens (tertiary/aromatic N) is 1. The minimum atomic E-state index is 0.190. The van der Waals surface area contributed by atoms with Crippen LogP contribution in [0.4, 0.5) is 0 Å². The van der Waals surface area contributed by atoms with Crippen molar-refractivity contribution < 1.29 is 5.21 Å². The molecule has 0 aromatic heterocycles. The van der Waals surface area contributed by atoms with Gasteiger partial charge in [-0.05, 0) is 47.7 Å². The van der Waals surface area contributed by atoms with Crippen LogP contribution in [0.1, 0.15) is 23.5 Å². The molecule has 2 atom stereocenters. The lowest BCUT2D eigenvalue weighted by Gasteiger charge is -2.06. The lowest BCUT2D eigenvalue weighted by molar-refractivity contribution is 0.317. The van der Waals surface area contributed by atoms with Crippen LogP contribution in [0.25, 0.3) is 0 Å². The Morgan fingerprint density at radius 3 is 2.48 bits per heavy atom. The molecule has 1 aliphatic rings. The summed E-state index contributed by atoms with van der Waals surface area (Å²) in [4.78, 5) is 0. The predicted molar refractivity (Wildman–Crippen MR) is 89.8 cm³/mol. The first-order valence-corrected chi connectivity index (χ1v) is 8.08. The maximum atomic E-state index is 9.36. The summed E-state index contributed by atoms with van der Waals surface area (Å²) in [5.41, 5.74) is 2.70. The Labute approximate surface area is 141 Å². The zero-order chi connectivity index (χ0) is 15.0. The molecule has 2 unspecified atom stereocenters. The molecular formula is C16H12BrCl2NO. The molecule has 21 heavy (non-hydrogen) atoms. The van der Waals surface area contributed by atoms with E-state index in [0.29, 0.717) is 15.8 Å². The minimum absolute atomic E-state index is 0.190. The Bertz CT molecular complexity index is 700. The van der Waals surface area contributed by atoms with Crippen LogP contribution >= 0.6 is 39.1 Å². The highest BCUT2D eigenvalue weighted by molar-refractivity contribution is 9.10. The van der Waals surface area contributed by atoms with E-state index in [-0.39, 0.29) is 11.8 Å². The molecule has 0 heterocycles. The number of benzene rings is 2. The number of rotatable bonds is 3. The van der Waals surface area contributed by atoms with Gasteiger partial charge in [-0.2, -0.15) is 0 Å². The second-order valence-corrected chi connectivity index (χ2v) is 6.87. The Morgan fingerprint density at radius 2 is 1.86 bits per heavy atom. The second kappa shape index (κ2) is 5.99. The third-order valence-corrected chi connectivity index (χ3v) is 4.84. The standard InChI is InChI=1S/C16H12BrCl2NO/c17-10-3-1-9(2-4-10)16(20-21)14-8-13(14)12-6-5-11(18)7-15(12)19/h1-7,13-14,21H,8H2/b20-16+. The van der Waals surface area contributed by atoms with Crippen molar-refractivity contribution in [3.8, 4) is 0 Å². The summed E-state index contributed by atoms with van der Waals surface area (Å²) in [6.45, 7) is 0. The summed E-state index contributed by atoms with van der Waals surface area (Å²) in [6.07, 6.45) is 0.927. The fraction of sp³-hybridized carbons (Fsp3) is 0.188. The first kappa shape index (κ1) is 14.9. The van der Waals surface area contributed by atoms with Gasteiger partial charge in [-0.3, -0.25) is 0 Å². The van der Waals surface area contributed by atoms with Crippen molar-refractivity contribution in [2.75, 3.05) is 0 Å². The van der Waals surface area contributed by atoms with Crippen molar-refractivity contribution in [1.29, 1.82) is 0 Å². The van der Waals surface area contributed by atoms with Gasteiger partial charge in [0.1, 0.15) is 0 Å². The van der Waals surface area contributed by atoms with Crippen LogP contribution in [0.2, 0.25) is 10.0 Å². The highest BCUT2D eigenvalue weighted by Gasteiger charge is 2.43. The maximum absolute atomic E-state index is 9.36. The molecular weight excluding hydrogens is 373 g/mol. The molecule has 1 saturated carbocycles. The molecule has 5 heteroatoms. The van der Waals surface area contributed by atoms with Crippen LogP contribution in [-0.2, 0) is 0 Å². The lowest BCUT2D eigenvalue weighted by atomic mass is 10.0. The number of hydrogen-bond donors (Lipinski definition) is 1. The fourth-order valence-electron chi connectivity index (χ4n) is 2.61. The topological polar surface area (TPSA) is 32.6 Å². The Morgan fingerprint density at radius 1 is 1.14 bits per heavy atom. The molecule has 2 aromatic rings. The summed E-state index contributed by atoms with van der Waals surface area (Å²) >= 11 is 15.6. The molecule has 1 fully saturated rings. The summed E-state index contributed by atoms with van der Waals surface area (Å²) in [5.74, 6) is 0.471. The zero-order valence-electron chi connectivity index (χ0n) is 10.9. The van der Waals surface area contributed by atoms with Crippen LogP contribution in [0.3, 0.4) is 0 Å². The summed E-state index contributed by atoms with van der Waals surface area (Å²) < 4.78 is 0.997. The van der Waals surface area contributed by atoms with Gasteiger partial charge in [-0.1, -0.05) is 62.5 Å². The van der Waals surface area contributed by atoms with E-state index in [1.165, 1.54) is 0 Å². The van der Waals surface area contributed by atoms with Crippen LogP contribution in [-0.4, -0.2) is 10.9 Å². The Kier molecular flexibility index (Phi) is 4.25. The van der Waals surface area contributed by atoms with Gasteiger partial charge in [0.15, 0.2) is 0 Å². The van der Waals surface area contributed by atoms with Crippen LogP contribution in [0.15, 0.2) is 52.1 Å². The van der Waals surface area contributed by atoms with Gasteiger partial charge in [0.25, 0.3) is 0 Å². The smallest absolute Gasteiger partial charge is 0.0904 e. The fourth-order valence-corrected chi connectivity index (χ4v) is 3.42. The van der Waals surface area contributed by atoms with Gasteiger partial charge < -0.3 is 5.21 Å². The largest absolute Gasteiger partial charge is 0.411 e. The lowest BCUT2D eigenvalue weighted by Crippen LogP contribution is -2.05. The van der Waals surface area contributed by atoms with Gasteiger partial charge in [0.2, 0.25) is 0 Å². The Hall–Kier alpha value is -1.03. The highest BCUT2D eigenvalue weighted by atomic mass is 79.9. The van der Waals surface area contributed by atoms with Crippen molar-refractivity contribution >= 4 is 44.8 Å². The van der Waals surface area contributed by atoms with Crippen LogP contribution in [0, 0.1) is 5.92 Å². The SMILES string of the molecule is O/N=C(\c1ccc(Br)cc1)C1CC1c1ccc(Cl)cc1Cl. The molecule has 3 rings (SSSR count). The predicted octanol–water partition coefficient (Wildman–Crippen LogP) is 5.74. The van der Waals surface area contributed by atoms with Crippen LogP contribution in [0.5, 0.6) is 0 Å². The molecule has 0 spiro atoms. The monoisotopic (exact) mass is 383 g/mol. The molecule has 0 bridgehead atoms. The molecule has 108 valence electrons. The van der Waals surface area contributed by atoms with E-state index in [9.17, 15) is 5.21 Å². The van der Waals surface area contributed by atoms with Crippen molar-refractivity contribution in [2.24, 2.45) is 11.1 Å². The molecule has 1 N–H and O–H groups in total. The average molecular weight is 385 g/mol. The van der Waals surface area contributed by atoms with Gasteiger partial charge in [0.05, 0.1) is 5.71 Å². The van der Waals surface area contributed by atoms with E-state index < -0.39 is 0 Å². The van der Waals surface area contributed by atoms with Crippen LogP contribution < -0.4 is 0 Å². The Balaban J connectivity index is 1.84. The van der Waals surface area contributed by atoms with Crippen molar-refractivity contribution in [3.05, 3.63) is 68.1 Å². The molecule has 0 amide bonds. The zero-order valence-corrected chi connectivity index (χ0v) is 14.0. The van der Waals surface area contributed by atoms with E-state index >= 15 is 0 Å². The van der Waals surface area contributed by atoms with E-state index in [0.717, 1.165) is 22.0 Å². The van der Waals surface area contributed by atoms with E-state index in [2.05, 4.69) is 21.1 Å². The summed E-state index contributed by atoms with van der Waals surface area (Å²) in [6, 6.07) is 13.3. The highest BCUT2D eigenvalue weighted by Crippen LogP contribution is 2.51. The number of hydrogen-bond acceptors (Lipinski definition) is 2. The average Bonchev–Trinajstić information content (AvgIpc) is 3.22. The molecule has 2 nitrogen and oxygen atoms in total. The quantitative estimate of drug-likeness (QED) is 0.408. The van der Waals surface area contributed by atoms with Crippen molar-refractivity contribution in [3.63, 3.8) is 0 Å². The summed E-state index contributed by atoms with van der Waals surface area (Å²) in [7, 11) is 0. The third kappa shape index (κ3) is 3.10. The van der Waals surface area contributed by atoms with Gasteiger partial charge in [-0.25, -0.2) is 0 Å². The van der Waals surface area contributed by atoms with E-state index in [1.807, 2.05) is 36.4 Å². The molecule has 1 aliphatic carbocycles. The molecule has 0 aliphatic heterocycles. The van der Waals surface area contributed by atoms with E-state index in [4.69, 9.17) is 23.2 Å². The van der Waals surface area contributed by atoms with Crippen molar-refractivity contribution in [1.82, 2.24) is 0 Å². The summed E-state index contributed by atoms with van der Waals surface area (Å²) in [5, 5.41) is 14.2. The second-order valence-electron chi connectivity index (χ2n) is 5.11. The van der Waals surface area contributed by atoms with Crippen molar-refractivity contribution in [2.45, 2.75) is 12.3 Å². The number of halogens is 3. The minimum Gasteiger partial charge on any atom is -0.411 e. The van der Waals surface area contributed by atoms with Gasteiger partial charge in [0, 0.05) is 20.4 Å². The number of oxime groups is 1. The van der Waals surface area contributed by atoms with Gasteiger partial charge in [-0.15, -0.1) is 0 Å². The first-order valence-electron chi connectivity index (χ1n) is 6.53. The maximum Gasteiger partial charge on any atom is 0.0904 e. The normalized spacial score (nSPS) is 21.4. The first-order chi connectivity index (χ1) is 10.1. The third-order valence-electron chi connectivity index (χ3n) is 3.75.